The van der Waals surface area contributed by atoms with Crippen molar-refractivity contribution in [1.29, 1.82) is 0 Å². The molecule has 1 atom stereocenters. The highest BCUT2D eigenvalue weighted by molar-refractivity contribution is 5.21. The van der Waals surface area contributed by atoms with Crippen LogP contribution in [0.4, 0.5) is 0 Å². The van der Waals surface area contributed by atoms with Gasteiger partial charge in [0.1, 0.15) is 0 Å². The molecule has 0 bridgehead atoms. The molecule has 2 saturated carbocycles. The maximum Gasteiger partial charge on any atom is 0.0957 e. The summed E-state index contributed by atoms with van der Waals surface area (Å²) in [4.78, 5) is 0. The number of aliphatic hydroxyl groups is 1. The third-order valence-corrected chi connectivity index (χ3v) is 4.00. The predicted molar refractivity (Wildman–Crippen MR) is 58.0 cm³/mol. The second-order valence-electron chi connectivity index (χ2n) is 4.77. The van der Waals surface area contributed by atoms with Gasteiger partial charge in [0.15, 0.2) is 0 Å². The molecule has 0 aromatic rings. The van der Waals surface area contributed by atoms with E-state index in [2.05, 4.69) is 12.3 Å². The predicted octanol–water partition coefficient (Wildman–Crippen LogP) is 3.19. The van der Waals surface area contributed by atoms with Gasteiger partial charge in [-0.3, -0.25) is 0 Å². The first-order chi connectivity index (χ1) is 6.77. The molecule has 2 aliphatic carbocycles. The summed E-state index contributed by atoms with van der Waals surface area (Å²) in [7, 11) is 0. The molecule has 2 aliphatic rings. The lowest BCUT2D eigenvalue weighted by atomic mass is 9.74. The van der Waals surface area contributed by atoms with E-state index in [1.165, 1.54) is 32.1 Å². The van der Waals surface area contributed by atoms with Gasteiger partial charge in [-0.15, -0.1) is 5.73 Å². The van der Waals surface area contributed by atoms with Crippen molar-refractivity contribution < 1.29 is 5.11 Å². The lowest BCUT2D eigenvalue weighted by molar-refractivity contribution is 0.00595. The van der Waals surface area contributed by atoms with Crippen LogP contribution in [0, 0.1) is 5.92 Å². The zero-order valence-electron chi connectivity index (χ0n) is 8.89. The molecule has 1 heteroatoms. The Morgan fingerprint density at radius 1 is 1.21 bits per heavy atom. The molecular formula is C13H20O. The molecule has 2 rings (SSSR count). The molecule has 1 nitrogen and oxygen atoms in total. The fraction of sp³-hybridized carbons (Fsp3) is 0.769. The minimum absolute atomic E-state index is 0.489. The average molecular weight is 192 g/mol. The largest absolute Gasteiger partial charge is 0.385 e. The Balaban J connectivity index is 2.17. The van der Waals surface area contributed by atoms with E-state index in [1.807, 2.05) is 0 Å². The summed E-state index contributed by atoms with van der Waals surface area (Å²) in [6.45, 7) is 3.71. The lowest BCUT2D eigenvalue weighted by Gasteiger charge is -2.36. The highest BCUT2D eigenvalue weighted by Crippen LogP contribution is 2.45. The Kier molecular flexibility index (Phi) is 2.80. The molecule has 0 aliphatic heterocycles. The number of hydrogen-bond acceptors (Lipinski definition) is 1. The van der Waals surface area contributed by atoms with Crippen LogP contribution in [0.2, 0.25) is 0 Å². The van der Waals surface area contributed by atoms with E-state index in [4.69, 9.17) is 0 Å². The molecule has 1 unspecified atom stereocenters. The minimum Gasteiger partial charge on any atom is -0.385 e. The van der Waals surface area contributed by atoms with Crippen LogP contribution in [0.15, 0.2) is 17.9 Å². The zero-order valence-corrected chi connectivity index (χ0v) is 8.89. The van der Waals surface area contributed by atoms with Crippen LogP contribution in [0.5, 0.6) is 0 Å². The molecular weight excluding hydrogens is 172 g/mol. The maximum absolute atomic E-state index is 10.6. The first-order valence-electron chi connectivity index (χ1n) is 5.89. The summed E-state index contributed by atoms with van der Waals surface area (Å²) in [5.74, 6) is 0.489. The van der Waals surface area contributed by atoms with E-state index in [0.29, 0.717) is 5.92 Å². The van der Waals surface area contributed by atoms with Crippen molar-refractivity contribution in [3.05, 3.63) is 17.9 Å². The maximum atomic E-state index is 10.6. The first kappa shape index (κ1) is 10.0. The van der Waals surface area contributed by atoms with Gasteiger partial charge in [-0.2, -0.15) is 0 Å². The first-order valence-corrected chi connectivity index (χ1v) is 5.89. The van der Waals surface area contributed by atoms with E-state index >= 15 is 0 Å². The topological polar surface area (TPSA) is 20.2 Å². The van der Waals surface area contributed by atoms with Gasteiger partial charge >= 0.3 is 0 Å². The Bertz CT molecular complexity index is 256. The number of rotatable bonds is 1. The van der Waals surface area contributed by atoms with Crippen LogP contribution >= 0.6 is 0 Å². The third-order valence-electron chi connectivity index (χ3n) is 4.00. The second-order valence-corrected chi connectivity index (χ2v) is 4.77. The third kappa shape index (κ3) is 1.55. The number of hydrogen-bond donors (Lipinski definition) is 1. The van der Waals surface area contributed by atoms with Crippen molar-refractivity contribution in [2.24, 2.45) is 5.92 Å². The highest BCUT2D eigenvalue weighted by Gasteiger charge is 2.43. The van der Waals surface area contributed by atoms with Gasteiger partial charge in [-0.05, 0) is 38.0 Å². The monoisotopic (exact) mass is 192 g/mol. The van der Waals surface area contributed by atoms with E-state index < -0.39 is 5.60 Å². The van der Waals surface area contributed by atoms with E-state index in [1.54, 1.807) is 0 Å². The van der Waals surface area contributed by atoms with Crippen LogP contribution in [0.3, 0.4) is 0 Å². The van der Waals surface area contributed by atoms with Gasteiger partial charge < -0.3 is 5.11 Å². The minimum atomic E-state index is -0.526. The Morgan fingerprint density at radius 2 is 1.93 bits per heavy atom. The fourth-order valence-electron chi connectivity index (χ4n) is 3.17. The quantitative estimate of drug-likeness (QED) is 0.633. The van der Waals surface area contributed by atoms with Crippen molar-refractivity contribution in [2.45, 2.75) is 57.0 Å². The van der Waals surface area contributed by atoms with Gasteiger partial charge in [0.05, 0.1) is 5.60 Å². The second kappa shape index (κ2) is 3.92. The van der Waals surface area contributed by atoms with E-state index in [-0.39, 0.29) is 0 Å². The van der Waals surface area contributed by atoms with Gasteiger partial charge in [-0.1, -0.05) is 25.8 Å². The standard InChI is InChI=1S/C13H20O/c1-2-11-9-6-10-13(11,14)12-7-4-3-5-8-12/h12,14H,1,3-10H2. The van der Waals surface area contributed by atoms with Crippen LogP contribution in [0.25, 0.3) is 0 Å². The molecule has 0 saturated heterocycles. The molecule has 0 amide bonds. The summed E-state index contributed by atoms with van der Waals surface area (Å²) in [5, 5.41) is 10.6. The Morgan fingerprint density at radius 3 is 2.57 bits per heavy atom. The summed E-state index contributed by atoms with van der Waals surface area (Å²) in [5.41, 5.74) is 3.53. The molecule has 0 aromatic heterocycles. The summed E-state index contributed by atoms with van der Waals surface area (Å²) >= 11 is 0. The van der Waals surface area contributed by atoms with Crippen molar-refractivity contribution in [3.63, 3.8) is 0 Å². The van der Waals surface area contributed by atoms with Gasteiger partial charge in [-0.25, -0.2) is 0 Å². The van der Waals surface area contributed by atoms with E-state index in [0.717, 1.165) is 24.8 Å². The lowest BCUT2D eigenvalue weighted by Crippen LogP contribution is -2.37. The van der Waals surface area contributed by atoms with Crippen LogP contribution in [-0.2, 0) is 0 Å². The van der Waals surface area contributed by atoms with Gasteiger partial charge in [0.25, 0.3) is 0 Å². The molecule has 1 N–H and O–H groups in total. The molecule has 0 radical (unpaired) electrons. The van der Waals surface area contributed by atoms with Crippen molar-refractivity contribution in [1.82, 2.24) is 0 Å². The summed E-state index contributed by atoms with van der Waals surface area (Å²) in [6, 6.07) is 0. The van der Waals surface area contributed by atoms with Crippen LogP contribution < -0.4 is 0 Å². The fourth-order valence-corrected chi connectivity index (χ4v) is 3.17. The Hall–Kier alpha value is -0.520. The van der Waals surface area contributed by atoms with Crippen LogP contribution in [-0.4, -0.2) is 10.7 Å². The van der Waals surface area contributed by atoms with Gasteiger partial charge in [0.2, 0.25) is 0 Å². The van der Waals surface area contributed by atoms with Crippen molar-refractivity contribution >= 4 is 0 Å². The van der Waals surface area contributed by atoms with Crippen molar-refractivity contribution in [2.75, 3.05) is 0 Å². The van der Waals surface area contributed by atoms with Crippen molar-refractivity contribution in [3.8, 4) is 0 Å². The molecule has 0 heterocycles. The molecule has 2 fully saturated rings. The summed E-state index contributed by atoms with van der Waals surface area (Å²) in [6.07, 6.45) is 9.38. The molecule has 0 aromatic carbocycles. The normalized spacial score (nSPS) is 34.5. The zero-order chi connectivity index (χ0) is 10.0. The molecule has 14 heavy (non-hydrogen) atoms. The van der Waals surface area contributed by atoms with Gasteiger partial charge in [0, 0.05) is 5.57 Å². The average Bonchev–Trinajstić information content (AvgIpc) is 2.62. The smallest absolute Gasteiger partial charge is 0.0957 e. The Labute approximate surface area is 86.5 Å². The van der Waals surface area contributed by atoms with E-state index in [9.17, 15) is 5.11 Å². The highest BCUT2D eigenvalue weighted by atomic mass is 16.3. The molecule has 78 valence electrons. The SMILES string of the molecule is C=C=C1CCCC1(O)C1CCCCC1. The summed E-state index contributed by atoms with van der Waals surface area (Å²) < 4.78 is 0. The van der Waals surface area contributed by atoms with Crippen LogP contribution in [0.1, 0.15) is 51.4 Å². The molecule has 0 spiro atoms.